The Morgan fingerprint density at radius 3 is 2.57 bits per heavy atom. The molecular formula is C9H8ClN3O. The molecule has 0 bridgehead atoms. The van der Waals surface area contributed by atoms with Gasteiger partial charge >= 0.3 is 5.35 Å². The van der Waals surface area contributed by atoms with Crippen molar-refractivity contribution < 1.29 is 4.52 Å². The van der Waals surface area contributed by atoms with Gasteiger partial charge in [0.15, 0.2) is 0 Å². The van der Waals surface area contributed by atoms with Crippen molar-refractivity contribution in [1.82, 2.24) is 15.1 Å². The van der Waals surface area contributed by atoms with E-state index < -0.39 is 0 Å². The van der Waals surface area contributed by atoms with Gasteiger partial charge < -0.3 is 4.52 Å². The van der Waals surface area contributed by atoms with E-state index in [0.29, 0.717) is 11.5 Å². The highest BCUT2D eigenvalue weighted by Gasteiger charge is 2.08. The van der Waals surface area contributed by atoms with Gasteiger partial charge in [0.25, 0.3) is 0 Å². The van der Waals surface area contributed by atoms with Crippen LogP contribution < -0.4 is 0 Å². The van der Waals surface area contributed by atoms with Gasteiger partial charge in [0, 0.05) is 5.69 Å². The molecule has 0 saturated carbocycles. The first kappa shape index (κ1) is 9.15. The smallest absolute Gasteiger partial charge is 0.320 e. The summed E-state index contributed by atoms with van der Waals surface area (Å²) in [5, 5.41) is 3.72. The van der Waals surface area contributed by atoms with Crippen molar-refractivity contribution in [1.29, 1.82) is 0 Å². The SMILES string of the molecule is Cc1cc(C)nc(-c2noc(Cl)n2)c1. The normalized spacial score (nSPS) is 10.5. The third kappa shape index (κ3) is 1.75. The third-order valence-electron chi connectivity index (χ3n) is 1.73. The molecule has 2 rings (SSSR count). The Labute approximate surface area is 85.9 Å². The number of pyridine rings is 1. The predicted molar refractivity (Wildman–Crippen MR) is 52.0 cm³/mol. The molecule has 0 aliphatic heterocycles. The molecular weight excluding hydrogens is 202 g/mol. The third-order valence-corrected chi connectivity index (χ3v) is 1.88. The summed E-state index contributed by atoms with van der Waals surface area (Å²) in [4.78, 5) is 8.16. The maximum absolute atomic E-state index is 5.52. The van der Waals surface area contributed by atoms with E-state index in [-0.39, 0.29) is 5.35 Å². The molecule has 0 aliphatic rings. The van der Waals surface area contributed by atoms with Crippen molar-refractivity contribution in [2.24, 2.45) is 0 Å². The summed E-state index contributed by atoms with van der Waals surface area (Å²) in [6.45, 7) is 3.90. The zero-order valence-electron chi connectivity index (χ0n) is 7.78. The quantitative estimate of drug-likeness (QED) is 0.724. The van der Waals surface area contributed by atoms with Gasteiger partial charge in [-0.2, -0.15) is 4.98 Å². The molecule has 14 heavy (non-hydrogen) atoms. The summed E-state index contributed by atoms with van der Waals surface area (Å²) in [5.41, 5.74) is 2.70. The molecule has 2 heterocycles. The Kier molecular flexibility index (Phi) is 2.21. The van der Waals surface area contributed by atoms with Gasteiger partial charge in [0.2, 0.25) is 5.82 Å². The molecule has 0 unspecified atom stereocenters. The Balaban J connectivity index is 2.51. The molecule has 2 aromatic rings. The van der Waals surface area contributed by atoms with Crippen LogP contribution in [0.5, 0.6) is 0 Å². The van der Waals surface area contributed by atoms with Gasteiger partial charge in [0.05, 0.1) is 0 Å². The fraction of sp³-hybridized carbons (Fsp3) is 0.222. The number of rotatable bonds is 1. The molecule has 0 saturated heterocycles. The Hall–Kier alpha value is -1.42. The molecule has 0 fully saturated rings. The minimum absolute atomic E-state index is 0.0287. The lowest BCUT2D eigenvalue weighted by atomic mass is 10.2. The summed E-state index contributed by atoms with van der Waals surface area (Å²) < 4.78 is 4.66. The lowest BCUT2D eigenvalue weighted by molar-refractivity contribution is 0.420. The highest BCUT2D eigenvalue weighted by atomic mass is 35.5. The molecule has 0 aliphatic carbocycles. The summed E-state index contributed by atoms with van der Waals surface area (Å²) in [5.74, 6) is 0.418. The summed E-state index contributed by atoms with van der Waals surface area (Å²) in [6, 6.07) is 3.86. The summed E-state index contributed by atoms with van der Waals surface area (Å²) in [7, 11) is 0. The number of aryl methyl sites for hydroxylation is 2. The Morgan fingerprint density at radius 1 is 1.21 bits per heavy atom. The maximum atomic E-state index is 5.52. The second kappa shape index (κ2) is 3.38. The molecule has 72 valence electrons. The molecule has 0 radical (unpaired) electrons. The molecule has 2 aromatic heterocycles. The van der Waals surface area contributed by atoms with Crippen LogP contribution in [0.4, 0.5) is 0 Å². The monoisotopic (exact) mass is 209 g/mol. The van der Waals surface area contributed by atoms with Crippen molar-refractivity contribution >= 4 is 11.6 Å². The molecule has 0 spiro atoms. The first-order valence-corrected chi connectivity index (χ1v) is 4.48. The van der Waals surface area contributed by atoms with E-state index in [4.69, 9.17) is 11.6 Å². The highest BCUT2D eigenvalue weighted by Crippen LogP contribution is 2.17. The number of nitrogens with zero attached hydrogens (tertiary/aromatic N) is 3. The van der Waals surface area contributed by atoms with Gasteiger partial charge in [-0.15, -0.1) is 0 Å². The van der Waals surface area contributed by atoms with Crippen molar-refractivity contribution in [2.75, 3.05) is 0 Å². The molecule has 0 atom stereocenters. The lowest BCUT2D eigenvalue weighted by Gasteiger charge is -1.98. The number of halogens is 1. The molecule has 5 heteroatoms. The maximum Gasteiger partial charge on any atom is 0.320 e. The standard InChI is InChI=1S/C9H8ClN3O/c1-5-3-6(2)11-7(4-5)8-12-9(10)14-13-8/h3-4H,1-2H3. The van der Waals surface area contributed by atoms with Crippen LogP contribution >= 0.6 is 11.6 Å². The number of aromatic nitrogens is 3. The van der Waals surface area contributed by atoms with Crippen LogP contribution in [-0.4, -0.2) is 15.1 Å². The van der Waals surface area contributed by atoms with Gasteiger partial charge in [-0.3, -0.25) is 0 Å². The van der Waals surface area contributed by atoms with E-state index in [2.05, 4.69) is 19.6 Å². The first-order chi connectivity index (χ1) is 6.65. The van der Waals surface area contributed by atoms with E-state index in [1.807, 2.05) is 26.0 Å². The van der Waals surface area contributed by atoms with E-state index in [1.165, 1.54) is 0 Å². The van der Waals surface area contributed by atoms with Gasteiger partial charge in [0.1, 0.15) is 5.69 Å². The average molecular weight is 210 g/mol. The molecule has 0 amide bonds. The van der Waals surface area contributed by atoms with Crippen LogP contribution in [0.25, 0.3) is 11.5 Å². The highest BCUT2D eigenvalue weighted by molar-refractivity contribution is 6.27. The fourth-order valence-electron chi connectivity index (χ4n) is 1.26. The zero-order chi connectivity index (χ0) is 10.1. The van der Waals surface area contributed by atoms with Crippen molar-refractivity contribution in [3.8, 4) is 11.5 Å². The van der Waals surface area contributed by atoms with Crippen molar-refractivity contribution in [3.63, 3.8) is 0 Å². The van der Waals surface area contributed by atoms with E-state index in [9.17, 15) is 0 Å². The summed E-state index contributed by atoms with van der Waals surface area (Å²) >= 11 is 5.52. The summed E-state index contributed by atoms with van der Waals surface area (Å²) in [6.07, 6.45) is 0. The molecule has 0 N–H and O–H groups in total. The Morgan fingerprint density at radius 2 is 2.00 bits per heavy atom. The van der Waals surface area contributed by atoms with Gasteiger partial charge in [-0.1, -0.05) is 5.16 Å². The van der Waals surface area contributed by atoms with Crippen LogP contribution in [0.15, 0.2) is 16.7 Å². The Bertz CT molecular complexity index is 447. The largest absolute Gasteiger partial charge is 0.321 e. The second-order valence-corrected chi connectivity index (χ2v) is 3.37. The van der Waals surface area contributed by atoms with Crippen molar-refractivity contribution in [3.05, 3.63) is 28.7 Å². The van der Waals surface area contributed by atoms with Crippen LogP contribution in [0.3, 0.4) is 0 Å². The number of hydrogen-bond donors (Lipinski definition) is 0. The molecule has 4 nitrogen and oxygen atoms in total. The molecule has 0 aromatic carbocycles. The second-order valence-electron chi connectivity index (χ2n) is 3.04. The lowest BCUT2D eigenvalue weighted by Crippen LogP contribution is -1.90. The average Bonchev–Trinajstić information content (AvgIpc) is 2.50. The topological polar surface area (TPSA) is 51.8 Å². The van der Waals surface area contributed by atoms with Gasteiger partial charge in [-0.25, -0.2) is 4.98 Å². The fourth-order valence-corrected chi connectivity index (χ4v) is 1.38. The predicted octanol–water partition coefficient (Wildman–Crippen LogP) is 2.40. The van der Waals surface area contributed by atoms with E-state index >= 15 is 0 Å². The van der Waals surface area contributed by atoms with Crippen LogP contribution in [-0.2, 0) is 0 Å². The van der Waals surface area contributed by atoms with E-state index in [1.54, 1.807) is 0 Å². The zero-order valence-corrected chi connectivity index (χ0v) is 8.54. The van der Waals surface area contributed by atoms with Crippen LogP contribution in [0, 0.1) is 13.8 Å². The van der Waals surface area contributed by atoms with Crippen molar-refractivity contribution in [2.45, 2.75) is 13.8 Å². The first-order valence-electron chi connectivity index (χ1n) is 4.10. The van der Waals surface area contributed by atoms with Crippen LogP contribution in [0.2, 0.25) is 5.35 Å². The minimum Gasteiger partial charge on any atom is -0.321 e. The van der Waals surface area contributed by atoms with Crippen LogP contribution in [0.1, 0.15) is 11.3 Å². The number of hydrogen-bond acceptors (Lipinski definition) is 4. The van der Waals surface area contributed by atoms with Gasteiger partial charge in [-0.05, 0) is 43.1 Å². The van der Waals surface area contributed by atoms with E-state index in [0.717, 1.165) is 11.3 Å². The minimum atomic E-state index is 0.0287.